The molecule has 122 valence electrons. The first kappa shape index (κ1) is 14.9. The molecule has 0 bridgehead atoms. The standard InChI is InChI=1S/C19H19FN4/c20-17-8-4-5-9-18(17)22-19-21-12-16-14-23(10-11-24(16)19)13-15-6-2-1-3-7-15/h1-9,12H,10-11,13-14H2,(H,21,22). The Balaban J connectivity index is 1.48. The molecule has 0 atom stereocenters. The Morgan fingerprint density at radius 1 is 1.00 bits per heavy atom. The zero-order chi connectivity index (χ0) is 16.4. The number of hydrogen-bond donors (Lipinski definition) is 1. The quantitative estimate of drug-likeness (QED) is 0.793. The van der Waals surface area contributed by atoms with Crippen LogP contribution in [0.15, 0.2) is 60.8 Å². The molecular weight excluding hydrogens is 303 g/mol. The molecule has 0 saturated carbocycles. The molecule has 2 heterocycles. The van der Waals surface area contributed by atoms with E-state index in [9.17, 15) is 4.39 Å². The molecule has 0 spiro atoms. The van der Waals surface area contributed by atoms with Gasteiger partial charge in [0.15, 0.2) is 0 Å². The van der Waals surface area contributed by atoms with Gasteiger partial charge in [-0.2, -0.15) is 0 Å². The van der Waals surface area contributed by atoms with Crippen molar-refractivity contribution in [2.24, 2.45) is 0 Å². The van der Waals surface area contributed by atoms with E-state index in [0.717, 1.165) is 31.9 Å². The second kappa shape index (κ2) is 6.45. The molecular formula is C19H19FN4. The Morgan fingerprint density at radius 2 is 1.79 bits per heavy atom. The molecule has 0 radical (unpaired) electrons. The van der Waals surface area contributed by atoms with E-state index in [2.05, 4.69) is 44.0 Å². The Bertz CT molecular complexity index is 828. The Labute approximate surface area is 140 Å². The number of nitrogens with zero attached hydrogens (tertiary/aromatic N) is 3. The zero-order valence-corrected chi connectivity index (χ0v) is 13.3. The van der Waals surface area contributed by atoms with Crippen molar-refractivity contribution < 1.29 is 4.39 Å². The number of aromatic nitrogens is 2. The van der Waals surface area contributed by atoms with Gasteiger partial charge in [-0.05, 0) is 17.7 Å². The molecule has 1 aliphatic rings. The van der Waals surface area contributed by atoms with E-state index in [-0.39, 0.29) is 5.82 Å². The van der Waals surface area contributed by atoms with E-state index in [1.807, 2.05) is 18.3 Å². The van der Waals surface area contributed by atoms with Crippen LogP contribution in [0.2, 0.25) is 0 Å². The Kier molecular flexibility index (Phi) is 4.01. The van der Waals surface area contributed by atoms with E-state index in [1.54, 1.807) is 12.1 Å². The molecule has 2 aromatic carbocycles. The molecule has 0 amide bonds. The lowest BCUT2D eigenvalue weighted by molar-refractivity contribution is 0.214. The number of nitrogens with one attached hydrogen (secondary N) is 1. The van der Waals surface area contributed by atoms with Crippen LogP contribution >= 0.6 is 0 Å². The monoisotopic (exact) mass is 322 g/mol. The van der Waals surface area contributed by atoms with E-state index in [4.69, 9.17) is 0 Å². The predicted octanol–water partition coefficient (Wildman–Crippen LogP) is 3.78. The zero-order valence-electron chi connectivity index (χ0n) is 13.3. The van der Waals surface area contributed by atoms with Gasteiger partial charge in [-0.3, -0.25) is 4.90 Å². The molecule has 1 aromatic heterocycles. The first-order valence-corrected chi connectivity index (χ1v) is 8.12. The van der Waals surface area contributed by atoms with Crippen molar-refractivity contribution in [2.45, 2.75) is 19.6 Å². The third-order valence-electron chi connectivity index (χ3n) is 4.33. The molecule has 0 unspecified atom stereocenters. The van der Waals surface area contributed by atoms with Crippen LogP contribution < -0.4 is 5.32 Å². The minimum absolute atomic E-state index is 0.267. The van der Waals surface area contributed by atoms with Crippen molar-refractivity contribution in [3.05, 3.63) is 77.9 Å². The Hall–Kier alpha value is -2.66. The van der Waals surface area contributed by atoms with Gasteiger partial charge < -0.3 is 9.88 Å². The lowest BCUT2D eigenvalue weighted by Gasteiger charge is -2.28. The van der Waals surface area contributed by atoms with Gasteiger partial charge >= 0.3 is 0 Å². The lowest BCUT2D eigenvalue weighted by Crippen LogP contribution is -2.33. The van der Waals surface area contributed by atoms with E-state index < -0.39 is 0 Å². The molecule has 1 N–H and O–H groups in total. The topological polar surface area (TPSA) is 33.1 Å². The minimum Gasteiger partial charge on any atom is -0.323 e. The van der Waals surface area contributed by atoms with E-state index >= 15 is 0 Å². The third-order valence-corrected chi connectivity index (χ3v) is 4.33. The molecule has 5 heteroatoms. The molecule has 4 rings (SSSR count). The van der Waals surface area contributed by atoms with Gasteiger partial charge in [-0.15, -0.1) is 0 Å². The molecule has 1 aliphatic heterocycles. The van der Waals surface area contributed by atoms with Crippen LogP contribution in [0.4, 0.5) is 16.0 Å². The van der Waals surface area contributed by atoms with Gasteiger partial charge in [0, 0.05) is 26.2 Å². The largest absolute Gasteiger partial charge is 0.323 e. The number of hydrogen-bond acceptors (Lipinski definition) is 3. The van der Waals surface area contributed by atoms with Gasteiger partial charge in [0.2, 0.25) is 5.95 Å². The van der Waals surface area contributed by atoms with Crippen molar-refractivity contribution in [1.29, 1.82) is 0 Å². The second-order valence-corrected chi connectivity index (χ2v) is 6.03. The van der Waals surface area contributed by atoms with Gasteiger partial charge in [0.05, 0.1) is 17.6 Å². The summed E-state index contributed by atoms with van der Waals surface area (Å²) in [4.78, 5) is 6.84. The summed E-state index contributed by atoms with van der Waals surface area (Å²) in [7, 11) is 0. The summed E-state index contributed by atoms with van der Waals surface area (Å²) in [5.41, 5.74) is 2.92. The van der Waals surface area contributed by atoms with Gasteiger partial charge in [-0.1, -0.05) is 42.5 Å². The molecule has 0 aliphatic carbocycles. The predicted molar refractivity (Wildman–Crippen MR) is 92.5 cm³/mol. The van der Waals surface area contributed by atoms with Crippen LogP contribution in [0.3, 0.4) is 0 Å². The van der Waals surface area contributed by atoms with Crippen molar-refractivity contribution in [3.8, 4) is 0 Å². The summed E-state index contributed by atoms with van der Waals surface area (Å²) in [5, 5.41) is 3.10. The van der Waals surface area contributed by atoms with Crippen LogP contribution in [0.25, 0.3) is 0 Å². The van der Waals surface area contributed by atoms with Gasteiger partial charge in [-0.25, -0.2) is 9.37 Å². The highest BCUT2D eigenvalue weighted by Crippen LogP contribution is 2.23. The molecule has 3 aromatic rings. The van der Waals surface area contributed by atoms with Crippen LogP contribution in [-0.4, -0.2) is 21.0 Å². The van der Waals surface area contributed by atoms with E-state index in [1.165, 1.54) is 11.6 Å². The van der Waals surface area contributed by atoms with Crippen molar-refractivity contribution in [2.75, 3.05) is 11.9 Å². The van der Waals surface area contributed by atoms with Crippen molar-refractivity contribution >= 4 is 11.6 Å². The van der Waals surface area contributed by atoms with E-state index in [0.29, 0.717) is 11.6 Å². The van der Waals surface area contributed by atoms with Crippen LogP contribution in [0.1, 0.15) is 11.3 Å². The molecule has 0 fully saturated rings. The fourth-order valence-corrected chi connectivity index (χ4v) is 3.10. The SMILES string of the molecule is Fc1ccccc1Nc1ncc2n1CCN(Cc1ccccc1)C2. The fourth-order valence-electron chi connectivity index (χ4n) is 3.10. The average molecular weight is 322 g/mol. The smallest absolute Gasteiger partial charge is 0.207 e. The molecule has 24 heavy (non-hydrogen) atoms. The molecule has 4 nitrogen and oxygen atoms in total. The number of fused-ring (bicyclic) bond motifs is 1. The van der Waals surface area contributed by atoms with Gasteiger partial charge in [0.25, 0.3) is 0 Å². The van der Waals surface area contributed by atoms with Crippen LogP contribution in [-0.2, 0) is 19.6 Å². The number of halogens is 1. The maximum absolute atomic E-state index is 13.8. The third kappa shape index (κ3) is 3.03. The first-order valence-electron chi connectivity index (χ1n) is 8.12. The highest BCUT2D eigenvalue weighted by molar-refractivity contribution is 5.54. The number of benzene rings is 2. The average Bonchev–Trinajstić information content (AvgIpc) is 3.00. The fraction of sp³-hybridized carbons (Fsp3) is 0.211. The number of para-hydroxylation sites is 1. The van der Waals surface area contributed by atoms with Crippen molar-refractivity contribution in [1.82, 2.24) is 14.5 Å². The van der Waals surface area contributed by atoms with Crippen LogP contribution in [0, 0.1) is 5.82 Å². The minimum atomic E-state index is -0.267. The highest BCUT2D eigenvalue weighted by Gasteiger charge is 2.20. The Morgan fingerprint density at radius 3 is 2.62 bits per heavy atom. The summed E-state index contributed by atoms with van der Waals surface area (Å²) in [5.74, 6) is 0.436. The number of rotatable bonds is 4. The normalized spacial score (nSPS) is 14.4. The summed E-state index contributed by atoms with van der Waals surface area (Å²) >= 11 is 0. The summed E-state index contributed by atoms with van der Waals surface area (Å²) < 4.78 is 15.9. The maximum Gasteiger partial charge on any atom is 0.207 e. The number of imidazole rings is 1. The molecule has 0 saturated heterocycles. The highest BCUT2D eigenvalue weighted by atomic mass is 19.1. The second-order valence-electron chi connectivity index (χ2n) is 6.03. The van der Waals surface area contributed by atoms with Gasteiger partial charge in [0.1, 0.15) is 5.82 Å². The summed E-state index contributed by atoms with van der Waals surface area (Å²) in [6.45, 7) is 3.58. The number of anilines is 2. The van der Waals surface area contributed by atoms with Crippen LogP contribution in [0.5, 0.6) is 0 Å². The summed E-state index contributed by atoms with van der Waals surface area (Å²) in [6.07, 6.45) is 1.88. The van der Waals surface area contributed by atoms with Crippen molar-refractivity contribution in [3.63, 3.8) is 0 Å². The maximum atomic E-state index is 13.8. The summed E-state index contributed by atoms with van der Waals surface area (Å²) in [6, 6.07) is 17.1. The first-order chi connectivity index (χ1) is 11.8. The lowest BCUT2D eigenvalue weighted by atomic mass is 10.2.